The number of carbonyl (C=O) groups is 2. The lowest BCUT2D eigenvalue weighted by atomic mass is 10.1. The van der Waals surface area contributed by atoms with Crippen LogP contribution in [0.3, 0.4) is 0 Å². The Morgan fingerprint density at radius 3 is 2.47 bits per heavy atom. The van der Waals surface area contributed by atoms with Crippen molar-refractivity contribution in [2.24, 2.45) is 0 Å². The molecular weight excluding hydrogens is 234 g/mol. The Morgan fingerprint density at radius 1 is 1.40 bits per heavy atom. The van der Waals surface area contributed by atoms with Crippen LogP contribution < -0.4 is 10.0 Å². The minimum Gasteiger partial charge on any atom is -0.295 e. The topological polar surface area (TPSA) is 92.3 Å². The third-order valence-corrected chi connectivity index (χ3v) is 2.86. The summed E-state index contributed by atoms with van der Waals surface area (Å²) in [5, 5.41) is 1.84. The lowest BCUT2D eigenvalue weighted by molar-refractivity contribution is -0.134. The number of imide groups is 1. The number of sulfonamides is 1. The van der Waals surface area contributed by atoms with Crippen molar-refractivity contribution >= 4 is 21.8 Å². The number of hydrogen-bond donors (Lipinski definition) is 2. The van der Waals surface area contributed by atoms with Crippen molar-refractivity contribution in [2.45, 2.75) is 24.6 Å². The first-order valence-electron chi connectivity index (χ1n) is 3.96. The van der Waals surface area contributed by atoms with E-state index in [-0.39, 0.29) is 12.8 Å². The van der Waals surface area contributed by atoms with Crippen LogP contribution in [-0.2, 0) is 19.6 Å². The number of nitrogens with one attached hydrogen (secondary N) is 2. The van der Waals surface area contributed by atoms with Crippen LogP contribution in [0.15, 0.2) is 0 Å². The molecule has 6 nitrogen and oxygen atoms in total. The van der Waals surface area contributed by atoms with Gasteiger partial charge in [-0.1, -0.05) is 0 Å². The number of piperidine rings is 1. The summed E-state index contributed by atoms with van der Waals surface area (Å²) in [7, 11) is -4.80. The molecule has 9 heteroatoms. The van der Waals surface area contributed by atoms with Gasteiger partial charge in [0.1, 0.15) is 6.04 Å². The molecule has 1 fully saturated rings. The monoisotopic (exact) mass is 242 g/mol. The zero-order valence-corrected chi connectivity index (χ0v) is 8.18. The average Bonchev–Trinajstić information content (AvgIpc) is 2.09. The van der Waals surface area contributed by atoms with E-state index in [1.54, 1.807) is 0 Å². The van der Waals surface area contributed by atoms with E-state index in [4.69, 9.17) is 0 Å². The summed E-state index contributed by atoms with van der Waals surface area (Å²) < 4.78 is 46.8. The lowest BCUT2D eigenvalue weighted by Gasteiger charge is -2.21. The highest BCUT2D eigenvalue weighted by Gasteiger charge is 2.33. The number of hydrogen-bond acceptors (Lipinski definition) is 4. The maximum atomic E-state index is 11.9. The fourth-order valence-corrected chi connectivity index (χ4v) is 1.78. The molecule has 1 atom stereocenters. The SMILES string of the molecule is O=C1CCC(NS(=O)(=O)C(F)F)C(=O)N1. The Kier molecular flexibility index (Phi) is 3.35. The molecule has 1 unspecified atom stereocenters. The zero-order valence-electron chi connectivity index (χ0n) is 7.37. The highest BCUT2D eigenvalue weighted by molar-refractivity contribution is 7.89. The van der Waals surface area contributed by atoms with Crippen molar-refractivity contribution in [3.8, 4) is 0 Å². The molecule has 0 aromatic heterocycles. The Morgan fingerprint density at radius 2 is 2.00 bits per heavy atom. The van der Waals surface area contributed by atoms with Gasteiger partial charge in [-0.2, -0.15) is 13.5 Å². The molecule has 0 aliphatic carbocycles. The van der Waals surface area contributed by atoms with Gasteiger partial charge in [0.05, 0.1) is 0 Å². The maximum absolute atomic E-state index is 11.9. The molecule has 0 spiro atoms. The first-order valence-corrected chi connectivity index (χ1v) is 5.50. The lowest BCUT2D eigenvalue weighted by Crippen LogP contribution is -2.53. The van der Waals surface area contributed by atoms with Gasteiger partial charge >= 0.3 is 5.76 Å². The minimum absolute atomic E-state index is 0.0812. The van der Waals surface area contributed by atoms with Gasteiger partial charge in [-0.15, -0.1) is 0 Å². The van der Waals surface area contributed by atoms with E-state index in [0.717, 1.165) is 0 Å². The van der Waals surface area contributed by atoms with E-state index < -0.39 is 33.6 Å². The molecule has 1 saturated heterocycles. The van der Waals surface area contributed by atoms with Crippen molar-refractivity contribution in [3.63, 3.8) is 0 Å². The quantitative estimate of drug-likeness (QED) is 0.616. The highest BCUT2D eigenvalue weighted by Crippen LogP contribution is 2.09. The first-order chi connectivity index (χ1) is 6.83. The molecule has 0 aromatic carbocycles. The summed E-state index contributed by atoms with van der Waals surface area (Å²) in [5.74, 6) is -5.05. The van der Waals surface area contributed by atoms with Crippen LogP contribution in [0.25, 0.3) is 0 Å². The molecule has 1 aliphatic heterocycles. The van der Waals surface area contributed by atoms with Crippen molar-refractivity contribution in [1.29, 1.82) is 0 Å². The number of rotatable bonds is 3. The Labute approximate surface area is 84.1 Å². The Balaban J connectivity index is 2.68. The van der Waals surface area contributed by atoms with Crippen LogP contribution in [0.2, 0.25) is 0 Å². The van der Waals surface area contributed by atoms with Crippen LogP contribution in [0.4, 0.5) is 8.78 Å². The van der Waals surface area contributed by atoms with Gasteiger partial charge in [0, 0.05) is 6.42 Å². The van der Waals surface area contributed by atoms with Gasteiger partial charge in [-0.25, -0.2) is 8.42 Å². The van der Waals surface area contributed by atoms with Crippen molar-refractivity contribution < 1.29 is 26.8 Å². The number of halogens is 2. The van der Waals surface area contributed by atoms with E-state index in [2.05, 4.69) is 0 Å². The minimum atomic E-state index is -4.80. The zero-order chi connectivity index (χ0) is 11.6. The second-order valence-corrected chi connectivity index (χ2v) is 4.61. The third kappa shape index (κ3) is 2.93. The third-order valence-electron chi connectivity index (χ3n) is 1.78. The molecule has 86 valence electrons. The second-order valence-electron chi connectivity index (χ2n) is 2.93. The summed E-state index contributed by atoms with van der Waals surface area (Å²) >= 11 is 0. The molecule has 1 heterocycles. The van der Waals surface area contributed by atoms with Crippen molar-refractivity contribution in [2.75, 3.05) is 0 Å². The van der Waals surface area contributed by atoms with E-state index in [1.165, 1.54) is 4.72 Å². The number of alkyl halides is 2. The molecule has 2 amide bonds. The van der Waals surface area contributed by atoms with Gasteiger partial charge in [-0.3, -0.25) is 14.9 Å². The van der Waals surface area contributed by atoms with E-state index >= 15 is 0 Å². The van der Waals surface area contributed by atoms with E-state index in [1.807, 2.05) is 5.32 Å². The van der Waals surface area contributed by atoms with E-state index in [9.17, 15) is 26.8 Å². The molecule has 0 bridgehead atoms. The molecule has 1 aliphatic rings. The molecule has 0 radical (unpaired) electrons. The van der Waals surface area contributed by atoms with Crippen molar-refractivity contribution in [1.82, 2.24) is 10.0 Å². The number of amides is 2. The van der Waals surface area contributed by atoms with Crippen LogP contribution in [0.1, 0.15) is 12.8 Å². The first kappa shape index (κ1) is 12.0. The molecular formula is C6H8F2N2O4S. The van der Waals surface area contributed by atoms with Crippen LogP contribution in [-0.4, -0.2) is 32.0 Å². The smallest absolute Gasteiger partial charge is 0.295 e. The molecule has 15 heavy (non-hydrogen) atoms. The maximum Gasteiger partial charge on any atom is 0.350 e. The Bertz CT molecular complexity index is 381. The summed E-state index contributed by atoms with van der Waals surface area (Å²) in [4.78, 5) is 21.7. The van der Waals surface area contributed by atoms with Gasteiger partial charge < -0.3 is 0 Å². The molecule has 2 N–H and O–H groups in total. The van der Waals surface area contributed by atoms with Crippen LogP contribution in [0.5, 0.6) is 0 Å². The standard InChI is InChI=1S/C6H8F2N2O4S/c7-6(8)15(13,14)10-3-1-2-4(11)9-5(3)12/h3,6,10H,1-2H2,(H,9,11,12). The summed E-state index contributed by atoms with van der Waals surface area (Å²) in [6.07, 6.45) is -0.196. The molecule has 0 aromatic rings. The summed E-state index contributed by atoms with van der Waals surface area (Å²) in [6, 6.07) is -1.30. The largest absolute Gasteiger partial charge is 0.350 e. The van der Waals surface area contributed by atoms with Crippen LogP contribution in [0, 0.1) is 0 Å². The number of carbonyl (C=O) groups excluding carboxylic acids is 2. The van der Waals surface area contributed by atoms with Gasteiger partial charge in [0.25, 0.3) is 10.0 Å². The fourth-order valence-electron chi connectivity index (χ4n) is 1.06. The van der Waals surface area contributed by atoms with Gasteiger partial charge in [-0.05, 0) is 6.42 Å². The molecule has 0 saturated carbocycles. The Hall–Kier alpha value is -1.09. The predicted molar refractivity (Wildman–Crippen MR) is 44.2 cm³/mol. The van der Waals surface area contributed by atoms with Crippen molar-refractivity contribution in [3.05, 3.63) is 0 Å². The van der Waals surface area contributed by atoms with E-state index in [0.29, 0.717) is 0 Å². The second kappa shape index (κ2) is 4.19. The van der Waals surface area contributed by atoms with Crippen LogP contribution >= 0.6 is 0 Å². The summed E-state index contributed by atoms with van der Waals surface area (Å²) in [5.41, 5.74) is 0. The predicted octanol–water partition coefficient (Wildman–Crippen LogP) is -1.07. The normalized spacial score (nSPS) is 23.0. The van der Waals surface area contributed by atoms with Gasteiger partial charge in [0.2, 0.25) is 11.8 Å². The highest BCUT2D eigenvalue weighted by atomic mass is 32.2. The summed E-state index contributed by atoms with van der Waals surface area (Å²) in [6.45, 7) is 0. The van der Waals surface area contributed by atoms with Gasteiger partial charge in [0.15, 0.2) is 0 Å². The average molecular weight is 242 g/mol. The molecule has 1 rings (SSSR count). The fraction of sp³-hybridized carbons (Fsp3) is 0.667.